The number of hydrogen-bond acceptors (Lipinski definition) is 4. The van der Waals surface area contributed by atoms with Gasteiger partial charge in [-0.05, 0) is 71.4 Å². The van der Waals surface area contributed by atoms with Gasteiger partial charge >= 0.3 is 6.18 Å². The van der Waals surface area contributed by atoms with E-state index in [0.717, 1.165) is 51.9 Å². The molecule has 1 unspecified atom stereocenters. The molecule has 174 valence electrons. The van der Waals surface area contributed by atoms with Crippen LogP contribution >= 0.6 is 22.6 Å². The third kappa shape index (κ3) is 4.69. The lowest BCUT2D eigenvalue weighted by molar-refractivity contribution is -0.137. The van der Waals surface area contributed by atoms with Gasteiger partial charge in [-0.2, -0.15) is 13.2 Å². The number of hydrogen-bond donors (Lipinski definition) is 2. The highest BCUT2D eigenvalue weighted by atomic mass is 127. The maximum absolute atomic E-state index is 13.0. The second-order valence-electron chi connectivity index (χ2n) is 9.55. The van der Waals surface area contributed by atoms with Crippen LogP contribution in [-0.4, -0.2) is 28.4 Å². The molecule has 1 saturated heterocycles. The van der Waals surface area contributed by atoms with Gasteiger partial charge < -0.3 is 14.9 Å². The molecule has 32 heavy (non-hydrogen) atoms. The Kier molecular flexibility index (Phi) is 6.61. The Balaban J connectivity index is 1.83. The molecule has 2 heterocycles. The van der Waals surface area contributed by atoms with E-state index in [1.807, 2.05) is 0 Å². The van der Waals surface area contributed by atoms with Crippen LogP contribution in [0.4, 0.5) is 13.2 Å². The molecule has 0 bridgehead atoms. The number of ether oxygens (including phenoxy) is 1. The summed E-state index contributed by atoms with van der Waals surface area (Å²) < 4.78 is 45.2. The molecule has 1 fully saturated rings. The third-order valence-corrected chi connectivity index (χ3v) is 7.64. The summed E-state index contributed by atoms with van der Waals surface area (Å²) in [5, 5.41) is 22.2. The van der Waals surface area contributed by atoms with E-state index in [-0.39, 0.29) is 11.3 Å². The van der Waals surface area contributed by atoms with Gasteiger partial charge in [-0.1, -0.05) is 26.0 Å². The number of nitrogens with zero attached hydrogens (tertiary/aromatic N) is 1. The number of fused-ring (bicyclic) bond motifs is 1. The number of aliphatic hydroxyl groups excluding tert-OH is 2. The second-order valence-corrected chi connectivity index (χ2v) is 10.6. The van der Waals surface area contributed by atoms with Crippen LogP contribution < -0.4 is 0 Å². The van der Waals surface area contributed by atoms with Gasteiger partial charge in [0.25, 0.3) is 0 Å². The van der Waals surface area contributed by atoms with Gasteiger partial charge in [0.05, 0.1) is 17.4 Å². The summed E-state index contributed by atoms with van der Waals surface area (Å²) in [7, 11) is 0. The largest absolute Gasteiger partial charge is 0.416 e. The van der Waals surface area contributed by atoms with Crippen molar-refractivity contribution in [2.45, 2.75) is 63.8 Å². The lowest BCUT2D eigenvalue weighted by Crippen LogP contribution is -2.30. The van der Waals surface area contributed by atoms with Gasteiger partial charge in [-0.3, -0.25) is 4.98 Å². The molecule has 1 aliphatic carbocycles. The van der Waals surface area contributed by atoms with Crippen molar-refractivity contribution in [1.29, 1.82) is 0 Å². The highest BCUT2D eigenvalue weighted by Crippen LogP contribution is 2.46. The lowest BCUT2D eigenvalue weighted by Gasteiger charge is -2.37. The van der Waals surface area contributed by atoms with Gasteiger partial charge in [0.2, 0.25) is 0 Å². The van der Waals surface area contributed by atoms with Gasteiger partial charge in [-0.15, -0.1) is 0 Å². The van der Waals surface area contributed by atoms with E-state index >= 15 is 0 Å². The molecule has 4 nitrogen and oxygen atoms in total. The summed E-state index contributed by atoms with van der Waals surface area (Å²) in [6.45, 7) is 5.41. The van der Waals surface area contributed by atoms with Crippen molar-refractivity contribution in [3.05, 3.63) is 61.5 Å². The van der Waals surface area contributed by atoms with Crippen molar-refractivity contribution >= 4 is 22.6 Å². The topological polar surface area (TPSA) is 62.6 Å². The van der Waals surface area contributed by atoms with Crippen LogP contribution in [-0.2, 0) is 17.3 Å². The number of aliphatic hydroxyl groups is 2. The van der Waals surface area contributed by atoms with Crippen LogP contribution in [0.5, 0.6) is 0 Å². The Hall–Kier alpha value is -1.23. The minimum Gasteiger partial charge on any atom is -0.388 e. The van der Waals surface area contributed by atoms with Crippen molar-refractivity contribution in [2.24, 2.45) is 5.41 Å². The SMILES string of the molecule is CC1(C)Cc2nc(C3CCOCC3)c([C@@H](O)c3ccc(C(F)(F)F)cc3)c(I)c2C(O)C1. The Morgan fingerprint density at radius 2 is 1.78 bits per heavy atom. The van der Waals surface area contributed by atoms with Gasteiger partial charge in [-0.25, -0.2) is 0 Å². The summed E-state index contributed by atoms with van der Waals surface area (Å²) in [6, 6.07) is 4.61. The molecule has 0 spiro atoms. The van der Waals surface area contributed by atoms with E-state index in [1.54, 1.807) is 0 Å². The molecule has 2 atom stereocenters. The molecule has 4 rings (SSSR count). The van der Waals surface area contributed by atoms with Crippen LogP contribution in [0.25, 0.3) is 0 Å². The normalized spacial score (nSPS) is 22.4. The van der Waals surface area contributed by atoms with Crippen molar-refractivity contribution in [3.8, 4) is 0 Å². The monoisotopic (exact) mass is 561 g/mol. The average molecular weight is 561 g/mol. The fourth-order valence-electron chi connectivity index (χ4n) is 4.84. The van der Waals surface area contributed by atoms with Gasteiger partial charge in [0.15, 0.2) is 0 Å². The Morgan fingerprint density at radius 1 is 1.16 bits per heavy atom. The van der Waals surface area contributed by atoms with Crippen molar-refractivity contribution in [2.75, 3.05) is 13.2 Å². The lowest BCUT2D eigenvalue weighted by atomic mass is 9.74. The molecular weight excluding hydrogens is 534 g/mol. The smallest absolute Gasteiger partial charge is 0.388 e. The van der Waals surface area contributed by atoms with Crippen LogP contribution in [0.3, 0.4) is 0 Å². The number of halogens is 4. The number of rotatable bonds is 3. The molecule has 0 saturated carbocycles. The fourth-order valence-corrected chi connectivity index (χ4v) is 6.08. The van der Waals surface area contributed by atoms with Crippen LogP contribution in [0.1, 0.15) is 84.9 Å². The Bertz CT molecular complexity index is 985. The molecule has 1 aromatic heterocycles. The predicted octanol–water partition coefficient (Wildman–Crippen LogP) is 5.69. The first-order valence-electron chi connectivity index (χ1n) is 10.8. The Morgan fingerprint density at radius 3 is 2.38 bits per heavy atom. The second kappa shape index (κ2) is 8.85. The molecule has 8 heteroatoms. The number of benzene rings is 1. The van der Waals surface area contributed by atoms with E-state index in [1.165, 1.54) is 12.1 Å². The zero-order valence-corrected chi connectivity index (χ0v) is 20.2. The van der Waals surface area contributed by atoms with Crippen LogP contribution in [0.2, 0.25) is 0 Å². The molecule has 1 aliphatic heterocycles. The summed E-state index contributed by atoms with van der Waals surface area (Å²) in [4.78, 5) is 4.99. The van der Waals surface area contributed by atoms with Crippen molar-refractivity contribution < 1.29 is 28.1 Å². The third-order valence-electron chi connectivity index (χ3n) is 6.48. The number of pyridine rings is 1. The quantitative estimate of drug-likeness (QED) is 0.474. The molecule has 1 aromatic carbocycles. The van der Waals surface area contributed by atoms with E-state index in [2.05, 4.69) is 36.4 Å². The standard InChI is InChI=1S/C24H27F3INO3/c1-23(2)11-16-18(17(30)12-23)20(28)19(21(29-16)13-7-9-32-10-8-13)22(31)14-3-5-15(6-4-14)24(25,26)27/h3-6,13,17,22,30-31H,7-12H2,1-2H3/t17?,22-/m0/s1. The van der Waals surface area contributed by atoms with Crippen molar-refractivity contribution in [1.82, 2.24) is 4.98 Å². The number of alkyl halides is 3. The molecule has 2 aliphatic rings. The van der Waals surface area contributed by atoms with Crippen LogP contribution in [0.15, 0.2) is 24.3 Å². The first-order chi connectivity index (χ1) is 15.0. The zero-order valence-electron chi connectivity index (χ0n) is 18.0. The predicted molar refractivity (Wildman–Crippen MR) is 122 cm³/mol. The van der Waals surface area contributed by atoms with E-state index in [4.69, 9.17) is 9.72 Å². The molecule has 0 radical (unpaired) electrons. The fraction of sp³-hybridized carbons (Fsp3) is 0.542. The molecule has 2 N–H and O–H groups in total. The Labute approximate surface area is 199 Å². The maximum atomic E-state index is 13.0. The highest BCUT2D eigenvalue weighted by molar-refractivity contribution is 14.1. The average Bonchev–Trinajstić information content (AvgIpc) is 2.72. The summed E-state index contributed by atoms with van der Waals surface area (Å²) in [6.07, 6.45) is -3.43. The summed E-state index contributed by atoms with van der Waals surface area (Å²) >= 11 is 2.16. The summed E-state index contributed by atoms with van der Waals surface area (Å²) in [5.74, 6) is 0.0869. The van der Waals surface area contributed by atoms with Gasteiger partial charge in [0, 0.05) is 39.5 Å². The van der Waals surface area contributed by atoms with Crippen molar-refractivity contribution in [3.63, 3.8) is 0 Å². The molecular formula is C24H27F3INO3. The first kappa shape index (κ1) is 23.9. The van der Waals surface area contributed by atoms with E-state index in [9.17, 15) is 23.4 Å². The number of aromatic nitrogens is 1. The zero-order chi connectivity index (χ0) is 23.3. The maximum Gasteiger partial charge on any atom is 0.416 e. The molecule has 0 amide bonds. The van der Waals surface area contributed by atoms with Crippen LogP contribution in [0, 0.1) is 8.99 Å². The van der Waals surface area contributed by atoms with E-state index < -0.39 is 23.9 Å². The van der Waals surface area contributed by atoms with Gasteiger partial charge in [0.1, 0.15) is 6.10 Å². The summed E-state index contributed by atoms with van der Waals surface area (Å²) in [5.41, 5.74) is 2.47. The minimum absolute atomic E-state index is 0.0869. The molecule has 2 aromatic rings. The van der Waals surface area contributed by atoms with E-state index in [0.29, 0.717) is 30.8 Å². The highest BCUT2D eigenvalue weighted by Gasteiger charge is 2.38. The first-order valence-corrected chi connectivity index (χ1v) is 11.9. The minimum atomic E-state index is -4.44.